The van der Waals surface area contributed by atoms with Gasteiger partial charge in [-0.2, -0.15) is 0 Å². The third-order valence-corrected chi connectivity index (χ3v) is 9.36. The Bertz CT molecular complexity index is 2130. The lowest BCUT2D eigenvalue weighted by Gasteiger charge is -2.42. The van der Waals surface area contributed by atoms with Gasteiger partial charge in [-0.15, -0.1) is 0 Å². The highest BCUT2D eigenvalue weighted by Gasteiger charge is 2.49. The van der Waals surface area contributed by atoms with E-state index < -0.39 is 103 Å². The molecule has 6 rings (SSSR count). The molecular weight excluding hydrogens is 776 g/mol. The first kappa shape index (κ1) is 41.9. The van der Waals surface area contributed by atoms with Crippen molar-refractivity contribution in [3.63, 3.8) is 0 Å². The maximum Gasteiger partial charge on any atom is 0.510 e. The van der Waals surface area contributed by atoms with Crippen LogP contribution >= 0.6 is 0 Å². The van der Waals surface area contributed by atoms with Gasteiger partial charge in [-0.25, -0.2) is 0 Å². The first-order valence-electron chi connectivity index (χ1n) is 17.4. The van der Waals surface area contributed by atoms with E-state index in [9.17, 15) is 60.7 Å². The SMILES string of the molecule is COc1cc(C=CC(=[OH+])OC[C@H]2O[C@@H](OC[C@H]3O[C@@H](Oc4cc5c(O)cc(=O)cc-5oc4-c4ccc(O)c(O)c4)[C@H](O)[C@@H](O)[C@@H]3O)[C@H](O)[C@@H](O)[C@@H]2O)cc(OC)c1O. The van der Waals surface area contributed by atoms with E-state index in [-0.39, 0.29) is 45.6 Å². The van der Waals surface area contributed by atoms with Crippen molar-refractivity contribution in [2.75, 3.05) is 27.4 Å². The molecule has 1 aliphatic carbocycles. The lowest BCUT2D eigenvalue weighted by molar-refractivity contribution is -0.322. The van der Waals surface area contributed by atoms with Gasteiger partial charge in [0.15, 0.2) is 46.2 Å². The van der Waals surface area contributed by atoms with Gasteiger partial charge in [-0.1, -0.05) is 0 Å². The van der Waals surface area contributed by atoms with E-state index in [2.05, 4.69) is 0 Å². The van der Waals surface area contributed by atoms with Crippen molar-refractivity contribution in [2.24, 2.45) is 0 Å². The summed E-state index contributed by atoms with van der Waals surface area (Å²) in [5, 5.41) is 105. The lowest BCUT2D eigenvalue weighted by atomic mass is 9.98. The van der Waals surface area contributed by atoms with E-state index in [1.165, 1.54) is 44.6 Å². The first-order valence-corrected chi connectivity index (χ1v) is 17.4. The zero-order chi connectivity index (χ0) is 42.0. The first-order chi connectivity index (χ1) is 27.6. The molecular formula is C38H41O20+. The molecule has 0 amide bonds. The fourth-order valence-corrected chi connectivity index (χ4v) is 6.18. The van der Waals surface area contributed by atoms with Gasteiger partial charge in [0.25, 0.3) is 0 Å². The molecule has 2 fully saturated rings. The Morgan fingerprint density at radius 3 is 1.97 bits per heavy atom. The molecule has 3 heterocycles. The fraction of sp³-hybridized carbons (Fsp3) is 0.368. The number of esters is 1. The van der Waals surface area contributed by atoms with Crippen LogP contribution in [0.3, 0.4) is 0 Å². The number of hydrogen-bond donors (Lipinski definition) is 10. The van der Waals surface area contributed by atoms with Crippen LogP contribution in [0.4, 0.5) is 0 Å². The van der Waals surface area contributed by atoms with Crippen LogP contribution in [0.5, 0.6) is 40.2 Å². The molecule has 20 heteroatoms. The maximum atomic E-state index is 12.1. The molecule has 0 unspecified atom stereocenters. The van der Waals surface area contributed by atoms with Crippen LogP contribution in [0.2, 0.25) is 0 Å². The number of hydrogen-bond acceptors (Lipinski definition) is 19. The van der Waals surface area contributed by atoms with E-state index in [0.29, 0.717) is 5.56 Å². The highest BCUT2D eigenvalue weighted by atomic mass is 16.7. The van der Waals surface area contributed by atoms with Crippen molar-refractivity contribution in [1.82, 2.24) is 0 Å². The predicted molar refractivity (Wildman–Crippen MR) is 195 cm³/mol. The lowest BCUT2D eigenvalue weighted by Crippen LogP contribution is -2.62. The number of carbonyl (C=O) groups excluding carboxylic acids is 1. The van der Waals surface area contributed by atoms with Crippen molar-refractivity contribution >= 4 is 12.0 Å². The molecule has 0 spiro atoms. The maximum absolute atomic E-state index is 12.1. The van der Waals surface area contributed by atoms with Gasteiger partial charge in [0.2, 0.25) is 18.6 Å². The second kappa shape index (κ2) is 17.4. The van der Waals surface area contributed by atoms with Gasteiger partial charge < -0.3 is 93.4 Å². The quantitative estimate of drug-likeness (QED) is 0.0373. The summed E-state index contributed by atoms with van der Waals surface area (Å²) >= 11 is 0. The second-order valence-corrected chi connectivity index (χ2v) is 13.2. The van der Waals surface area contributed by atoms with Gasteiger partial charge in [-0.05, 0) is 48.0 Å². The Kier molecular flexibility index (Phi) is 12.6. The standard InChI is InChI=1S/C38H40O20/c1-51-23-7-15(8-24(52-2)29(23)44)3-6-28(43)53-13-26-30(45)32(47)34(49)37(57-26)54-14-27-31(46)33(48)35(50)38(58-27)56-25-12-18-20(41)10-17(39)11-22(18)55-36(25)16-4-5-19(40)21(42)9-16/h3-12,26-27,30-35,37-38,40-42,44-50H,13-14H2,1-2H3/p+1/t26-,27-,30-,31-,32+,33+,34-,35-,37-,38-/m1/s1. The molecule has 58 heavy (non-hydrogen) atoms. The number of aromatic hydroxyl groups is 4. The average Bonchev–Trinajstić information content (AvgIpc) is 3.20. The monoisotopic (exact) mass is 817 g/mol. The summed E-state index contributed by atoms with van der Waals surface area (Å²) in [5.41, 5.74) is -0.0872. The van der Waals surface area contributed by atoms with Gasteiger partial charge in [0.1, 0.15) is 60.3 Å². The van der Waals surface area contributed by atoms with Crippen LogP contribution < -0.4 is 19.6 Å². The van der Waals surface area contributed by atoms with Crippen molar-refractivity contribution < 1.29 is 93.4 Å². The Morgan fingerprint density at radius 2 is 1.33 bits per heavy atom. The number of methoxy groups -OCH3 is 2. The van der Waals surface area contributed by atoms with Crippen molar-refractivity contribution in [2.45, 2.75) is 61.4 Å². The summed E-state index contributed by atoms with van der Waals surface area (Å²) in [6, 6.07) is 9.67. The Balaban J connectivity index is 1.14. The zero-order valence-electron chi connectivity index (χ0n) is 30.6. The van der Waals surface area contributed by atoms with Crippen LogP contribution in [0.25, 0.3) is 28.7 Å². The van der Waals surface area contributed by atoms with Gasteiger partial charge in [0.05, 0.1) is 32.5 Å². The van der Waals surface area contributed by atoms with Gasteiger partial charge >= 0.3 is 5.97 Å². The Morgan fingerprint density at radius 1 is 0.707 bits per heavy atom. The third-order valence-electron chi connectivity index (χ3n) is 9.36. The number of rotatable bonds is 12. The van der Waals surface area contributed by atoms with Crippen LogP contribution in [0.1, 0.15) is 5.56 Å². The van der Waals surface area contributed by atoms with Gasteiger partial charge in [-0.3, -0.25) is 4.79 Å². The highest BCUT2D eigenvalue weighted by Crippen LogP contribution is 2.43. The summed E-state index contributed by atoms with van der Waals surface area (Å²) in [6.45, 7) is -1.26. The Labute approximate surface area is 327 Å². The molecule has 0 aromatic heterocycles. The summed E-state index contributed by atoms with van der Waals surface area (Å²) in [5.74, 6) is -2.76. The predicted octanol–water partition coefficient (Wildman–Crippen LogP) is -0.506. The van der Waals surface area contributed by atoms with Crippen molar-refractivity contribution in [1.29, 1.82) is 0 Å². The largest absolute Gasteiger partial charge is 0.510 e. The molecule has 4 aliphatic rings. The van der Waals surface area contributed by atoms with Gasteiger partial charge in [0, 0.05) is 17.7 Å². The summed E-state index contributed by atoms with van der Waals surface area (Å²) in [6.07, 6.45) is -15.0. The molecule has 3 aliphatic heterocycles. The van der Waals surface area contributed by atoms with E-state index in [4.69, 9.17) is 37.6 Å². The van der Waals surface area contributed by atoms with E-state index in [1.807, 2.05) is 0 Å². The smallest absolute Gasteiger partial charge is 0.507 e. The molecule has 0 bridgehead atoms. The fourth-order valence-electron chi connectivity index (χ4n) is 6.18. The molecule has 312 valence electrons. The topological polar surface area (TPSA) is 319 Å². The third kappa shape index (κ3) is 8.74. The molecule has 0 saturated carbocycles. The van der Waals surface area contributed by atoms with E-state index >= 15 is 0 Å². The van der Waals surface area contributed by atoms with Crippen LogP contribution in [-0.2, 0) is 18.9 Å². The number of aliphatic hydroxyl groups is 6. The average molecular weight is 818 g/mol. The van der Waals surface area contributed by atoms with Crippen LogP contribution in [0.15, 0.2) is 63.8 Å². The van der Waals surface area contributed by atoms with Crippen molar-refractivity contribution in [3.8, 4) is 62.9 Å². The normalized spacial score (nSPS) is 27.4. The summed E-state index contributed by atoms with van der Waals surface area (Å²) < 4.78 is 44.2. The van der Waals surface area contributed by atoms with E-state index in [0.717, 1.165) is 30.3 Å². The molecule has 2 saturated heterocycles. The zero-order valence-corrected chi connectivity index (χ0v) is 30.6. The number of fused-ring (bicyclic) bond motifs is 1. The minimum atomic E-state index is -1.93. The number of phenolic OH excluding ortho intramolecular Hbond substituents is 4. The summed E-state index contributed by atoms with van der Waals surface area (Å²) in [7, 11) is 2.68. The molecule has 10 atom stereocenters. The molecule has 0 radical (unpaired) electrons. The van der Waals surface area contributed by atoms with Crippen molar-refractivity contribution in [3.05, 3.63) is 70.4 Å². The van der Waals surface area contributed by atoms with Crippen LogP contribution in [0, 0.1) is 0 Å². The molecule has 20 nitrogen and oxygen atoms in total. The number of aliphatic hydroxyl groups excluding tert-OH is 6. The van der Waals surface area contributed by atoms with E-state index in [1.54, 1.807) is 0 Å². The second-order valence-electron chi connectivity index (χ2n) is 13.2. The molecule has 2 aromatic carbocycles. The highest BCUT2D eigenvalue weighted by molar-refractivity contribution is 5.88. The molecule has 11 N–H and O–H groups in total. The number of phenols is 4. The molecule has 2 aromatic rings. The minimum absolute atomic E-state index is 0.0181. The summed E-state index contributed by atoms with van der Waals surface area (Å²) in [4.78, 5) is 22.4. The van der Waals surface area contributed by atoms with Crippen LogP contribution in [-0.4, -0.2) is 151 Å². The Hall–Kier alpha value is -5.68. The number of ether oxygens (including phenoxy) is 7. The minimum Gasteiger partial charge on any atom is -0.507 e. The number of benzene rings is 3.